The van der Waals surface area contributed by atoms with Crippen LogP contribution in [0.3, 0.4) is 0 Å². The van der Waals surface area contributed by atoms with Crippen molar-refractivity contribution >= 4 is 11.6 Å². The molecule has 0 aliphatic carbocycles. The molecule has 0 bridgehead atoms. The summed E-state index contributed by atoms with van der Waals surface area (Å²) in [6, 6.07) is 5.45. The molecule has 0 aromatic carbocycles. The molecule has 0 aliphatic rings. The van der Waals surface area contributed by atoms with E-state index in [4.69, 9.17) is 4.52 Å². The summed E-state index contributed by atoms with van der Waals surface area (Å²) in [5.74, 6) is 0.695. The Morgan fingerprint density at radius 1 is 1.33 bits per heavy atom. The molecule has 0 radical (unpaired) electrons. The minimum atomic E-state index is -0.0563. The fraction of sp³-hybridized carbons (Fsp3) is 0.400. The molecule has 2 rings (SSSR count). The Morgan fingerprint density at radius 3 is 2.71 bits per heavy atom. The van der Waals surface area contributed by atoms with Gasteiger partial charge in [0.2, 0.25) is 0 Å². The number of carbonyl (C=O) groups is 1. The topological polar surface area (TPSA) is 71.3 Å². The first-order chi connectivity index (χ1) is 10.1. The third kappa shape index (κ3) is 3.81. The number of pyridine rings is 1. The number of aromatic nitrogens is 2. The predicted octanol–water partition coefficient (Wildman–Crippen LogP) is 2.47. The normalized spacial score (nSPS) is 10.4. The average Bonchev–Trinajstić information content (AvgIpc) is 2.92. The molecular formula is C15H20N4O2. The van der Waals surface area contributed by atoms with Crippen LogP contribution in [0.1, 0.15) is 35.8 Å². The van der Waals surface area contributed by atoms with Crippen molar-refractivity contribution in [1.29, 1.82) is 0 Å². The van der Waals surface area contributed by atoms with Gasteiger partial charge in [-0.1, -0.05) is 5.16 Å². The Bertz CT molecular complexity index is 605. The van der Waals surface area contributed by atoms with E-state index in [1.54, 1.807) is 17.2 Å². The molecule has 6 nitrogen and oxygen atoms in total. The number of nitrogens with one attached hydrogen (secondary N) is 1. The fourth-order valence-electron chi connectivity index (χ4n) is 2.02. The molecule has 2 aromatic rings. The van der Waals surface area contributed by atoms with Gasteiger partial charge in [-0.3, -0.25) is 9.78 Å². The van der Waals surface area contributed by atoms with Crippen LogP contribution < -0.4 is 5.32 Å². The number of rotatable bonds is 6. The monoisotopic (exact) mass is 288 g/mol. The molecule has 0 fully saturated rings. The van der Waals surface area contributed by atoms with Crippen LogP contribution in [-0.2, 0) is 6.54 Å². The lowest BCUT2D eigenvalue weighted by atomic mass is 10.2. The number of hydrogen-bond acceptors (Lipinski definition) is 5. The van der Waals surface area contributed by atoms with Crippen molar-refractivity contribution in [3.63, 3.8) is 0 Å². The highest BCUT2D eigenvalue weighted by Crippen LogP contribution is 2.12. The van der Waals surface area contributed by atoms with E-state index >= 15 is 0 Å². The molecule has 0 spiro atoms. The highest BCUT2D eigenvalue weighted by molar-refractivity contribution is 5.93. The van der Waals surface area contributed by atoms with Gasteiger partial charge < -0.3 is 14.7 Å². The van der Waals surface area contributed by atoms with Crippen LogP contribution in [0.5, 0.6) is 0 Å². The molecule has 0 aliphatic heterocycles. The molecule has 0 atom stereocenters. The second-order valence-corrected chi connectivity index (χ2v) is 4.70. The van der Waals surface area contributed by atoms with E-state index in [-0.39, 0.29) is 5.91 Å². The summed E-state index contributed by atoms with van der Waals surface area (Å²) in [6.07, 6.45) is 1.63. The molecule has 2 aromatic heterocycles. The number of hydrogen-bond donors (Lipinski definition) is 1. The van der Waals surface area contributed by atoms with Gasteiger partial charge in [0.15, 0.2) is 5.76 Å². The van der Waals surface area contributed by atoms with Crippen molar-refractivity contribution in [2.45, 2.75) is 27.3 Å². The van der Waals surface area contributed by atoms with Crippen molar-refractivity contribution in [1.82, 2.24) is 15.0 Å². The van der Waals surface area contributed by atoms with Gasteiger partial charge in [-0.05, 0) is 32.9 Å². The maximum Gasteiger partial charge on any atom is 0.272 e. The predicted molar refractivity (Wildman–Crippen MR) is 80.1 cm³/mol. The van der Waals surface area contributed by atoms with E-state index in [9.17, 15) is 4.79 Å². The Balaban J connectivity index is 2.05. The Labute approximate surface area is 124 Å². The van der Waals surface area contributed by atoms with Crippen LogP contribution in [0, 0.1) is 6.92 Å². The molecule has 1 amide bonds. The lowest BCUT2D eigenvalue weighted by Crippen LogP contribution is -2.31. The van der Waals surface area contributed by atoms with Gasteiger partial charge >= 0.3 is 0 Å². The molecule has 2 heterocycles. The summed E-state index contributed by atoms with van der Waals surface area (Å²) in [7, 11) is 0. The standard InChI is InChI=1S/C15H20N4O2/c1-4-19(5-2)15(20)14-9-12(6-7-16-14)17-10-13-8-11(3)18-21-13/h6-9H,4-5,10H2,1-3H3,(H,16,17). The lowest BCUT2D eigenvalue weighted by Gasteiger charge is -2.18. The van der Waals surface area contributed by atoms with Gasteiger partial charge in [0, 0.05) is 31.0 Å². The SMILES string of the molecule is CCN(CC)C(=O)c1cc(NCc2cc(C)no2)ccn1. The minimum Gasteiger partial charge on any atom is -0.378 e. The summed E-state index contributed by atoms with van der Waals surface area (Å²) in [4.78, 5) is 18.1. The zero-order chi connectivity index (χ0) is 15.2. The Hall–Kier alpha value is -2.37. The van der Waals surface area contributed by atoms with Crippen LogP contribution in [0.2, 0.25) is 0 Å². The zero-order valence-electron chi connectivity index (χ0n) is 12.6. The van der Waals surface area contributed by atoms with E-state index in [1.165, 1.54) is 0 Å². The molecule has 0 saturated carbocycles. The molecule has 0 saturated heterocycles. The van der Waals surface area contributed by atoms with Gasteiger partial charge in [-0.25, -0.2) is 0 Å². The van der Waals surface area contributed by atoms with Crippen molar-refractivity contribution in [2.75, 3.05) is 18.4 Å². The molecule has 21 heavy (non-hydrogen) atoms. The lowest BCUT2D eigenvalue weighted by molar-refractivity contribution is 0.0767. The van der Waals surface area contributed by atoms with E-state index in [0.29, 0.717) is 25.3 Å². The third-order valence-electron chi connectivity index (χ3n) is 3.17. The third-order valence-corrected chi connectivity index (χ3v) is 3.17. The highest BCUT2D eigenvalue weighted by atomic mass is 16.5. The maximum atomic E-state index is 12.2. The Kier molecular flexibility index (Phi) is 4.92. The summed E-state index contributed by atoms with van der Waals surface area (Å²) in [5, 5.41) is 7.03. The van der Waals surface area contributed by atoms with Crippen molar-refractivity contribution in [2.24, 2.45) is 0 Å². The van der Waals surface area contributed by atoms with Gasteiger partial charge in [0.05, 0.1) is 12.2 Å². The number of amides is 1. The van der Waals surface area contributed by atoms with Crippen molar-refractivity contribution < 1.29 is 9.32 Å². The number of anilines is 1. The van der Waals surface area contributed by atoms with Gasteiger partial charge in [-0.2, -0.15) is 0 Å². The largest absolute Gasteiger partial charge is 0.378 e. The first-order valence-corrected chi connectivity index (χ1v) is 7.05. The van der Waals surface area contributed by atoms with Crippen LogP contribution >= 0.6 is 0 Å². The van der Waals surface area contributed by atoms with Gasteiger partial charge in [-0.15, -0.1) is 0 Å². The summed E-state index contributed by atoms with van der Waals surface area (Å²) < 4.78 is 5.13. The quantitative estimate of drug-likeness (QED) is 0.884. The summed E-state index contributed by atoms with van der Waals surface area (Å²) in [5.41, 5.74) is 2.12. The van der Waals surface area contributed by atoms with E-state index in [2.05, 4.69) is 15.5 Å². The molecule has 6 heteroatoms. The smallest absolute Gasteiger partial charge is 0.272 e. The van der Waals surface area contributed by atoms with Gasteiger partial charge in [0.1, 0.15) is 5.69 Å². The maximum absolute atomic E-state index is 12.2. The van der Waals surface area contributed by atoms with Crippen molar-refractivity contribution in [3.8, 4) is 0 Å². The molecule has 1 N–H and O–H groups in total. The number of carbonyl (C=O) groups excluding carboxylic acids is 1. The van der Waals surface area contributed by atoms with Crippen molar-refractivity contribution in [3.05, 3.63) is 41.5 Å². The molecule has 112 valence electrons. The first kappa shape index (κ1) is 15.0. The highest BCUT2D eigenvalue weighted by Gasteiger charge is 2.14. The van der Waals surface area contributed by atoms with Crippen LogP contribution in [0.4, 0.5) is 5.69 Å². The van der Waals surface area contributed by atoms with E-state index in [1.807, 2.05) is 32.9 Å². The second-order valence-electron chi connectivity index (χ2n) is 4.70. The molecule has 0 unspecified atom stereocenters. The molecular weight excluding hydrogens is 268 g/mol. The van der Waals surface area contributed by atoms with E-state index in [0.717, 1.165) is 17.1 Å². The fourth-order valence-corrected chi connectivity index (χ4v) is 2.02. The van der Waals surface area contributed by atoms with Crippen LogP contribution in [0.25, 0.3) is 0 Å². The van der Waals surface area contributed by atoms with Crippen LogP contribution in [-0.4, -0.2) is 34.0 Å². The average molecular weight is 288 g/mol. The first-order valence-electron chi connectivity index (χ1n) is 7.05. The van der Waals surface area contributed by atoms with Crippen LogP contribution in [0.15, 0.2) is 28.9 Å². The minimum absolute atomic E-state index is 0.0563. The second kappa shape index (κ2) is 6.88. The number of nitrogens with zero attached hydrogens (tertiary/aromatic N) is 3. The summed E-state index contributed by atoms with van der Waals surface area (Å²) >= 11 is 0. The Morgan fingerprint density at radius 2 is 2.10 bits per heavy atom. The number of aryl methyl sites for hydroxylation is 1. The van der Waals surface area contributed by atoms with Gasteiger partial charge in [0.25, 0.3) is 5.91 Å². The zero-order valence-corrected chi connectivity index (χ0v) is 12.6. The van der Waals surface area contributed by atoms with E-state index < -0.39 is 0 Å². The summed E-state index contributed by atoms with van der Waals surface area (Å²) in [6.45, 7) is 7.65.